The van der Waals surface area contributed by atoms with Gasteiger partial charge in [-0.3, -0.25) is 4.57 Å². The monoisotopic (exact) mass is 371 g/mol. The van der Waals surface area contributed by atoms with Crippen LogP contribution in [-0.2, 0) is 11.3 Å². The van der Waals surface area contributed by atoms with Crippen molar-refractivity contribution in [2.45, 2.75) is 38.5 Å². The van der Waals surface area contributed by atoms with Crippen molar-refractivity contribution in [1.82, 2.24) is 19.5 Å². The maximum atomic E-state index is 14.1. The molecular formula is C19H22FN5O2. The Morgan fingerprint density at radius 2 is 2.07 bits per heavy atom. The highest BCUT2D eigenvalue weighted by Crippen LogP contribution is 2.27. The minimum absolute atomic E-state index is 0.166. The maximum absolute atomic E-state index is 14.1. The highest BCUT2D eigenvalue weighted by Gasteiger charge is 2.20. The average Bonchev–Trinajstić information content (AvgIpc) is 2.93. The smallest absolute Gasteiger partial charge is 0.312 e. The Morgan fingerprint density at radius 3 is 2.89 bits per heavy atom. The summed E-state index contributed by atoms with van der Waals surface area (Å²) in [7, 11) is 1.63. The first-order valence-corrected chi connectivity index (χ1v) is 9.13. The van der Waals surface area contributed by atoms with Crippen molar-refractivity contribution < 1.29 is 13.9 Å². The molecule has 1 atom stereocenters. The predicted molar refractivity (Wildman–Crippen MR) is 99.1 cm³/mol. The Hall–Kier alpha value is -2.74. The lowest BCUT2D eigenvalue weighted by Gasteiger charge is -2.17. The van der Waals surface area contributed by atoms with Crippen LogP contribution in [-0.4, -0.2) is 33.2 Å². The second-order valence-corrected chi connectivity index (χ2v) is 6.54. The third-order valence-electron chi connectivity index (χ3n) is 4.73. The molecule has 4 rings (SSSR count). The summed E-state index contributed by atoms with van der Waals surface area (Å²) in [5.74, 6) is 1.16. The van der Waals surface area contributed by atoms with E-state index in [1.165, 1.54) is 0 Å². The largest absolute Gasteiger partial charge is 0.497 e. The number of nitrogens with one attached hydrogen (secondary N) is 1. The molecule has 0 radical (unpaired) electrons. The van der Waals surface area contributed by atoms with E-state index in [0.29, 0.717) is 30.1 Å². The molecule has 3 heterocycles. The Labute approximate surface area is 156 Å². The number of fused-ring (bicyclic) bond motifs is 1. The number of halogens is 1. The van der Waals surface area contributed by atoms with Gasteiger partial charge in [0.2, 0.25) is 0 Å². The van der Waals surface area contributed by atoms with Crippen molar-refractivity contribution in [3.05, 3.63) is 42.2 Å². The van der Waals surface area contributed by atoms with Gasteiger partial charge in [0.05, 0.1) is 13.4 Å². The van der Waals surface area contributed by atoms with Crippen molar-refractivity contribution in [2.24, 2.45) is 0 Å². The molecular weight excluding hydrogens is 349 g/mol. The molecule has 1 unspecified atom stereocenters. The fourth-order valence-corrected chi connectivity index (χ4v) is 3.27. The van der Waals surface area contributed by atoms with Crippen LogP contribution in [0.1, 0.15) is 37.5 Å². The van der Waals surface area contributed by atoms with Gasteiger partial charge in [-0.25, -0.2) is 4.98 Å². The molecule has 1 saturated heterocycles. The summed E-state index contributed by atoms with van der Waals surface area (Å²) in [6.45, 7) is 1.18. The van der Waals surface area contributed by atoms with E-state index in [1.54, 1.807) is 13.4 Å². The number of nitrogens with zero attached hydrogens (tertiary/aromatic N) is 4. The summed E-state index contributed by atoms with van der Waals surface area (Å²) < 4.78 is 26.9. The van der Waals surface area contributed by atoms with Gasteiger partial charge in [-0.15, -0.1) is 0 Å². The molecule has 1 N–H and O–H groups in total. The topological polar surface area (TPSA) is 74.1 Å². The molecule has 27 heavy (non-hydrogen) atoms. The van der Waals surface area contributed by atoms with E-state index in [9.17, 15) is 4.39 Å². The fraction of sp³-hybridized carbons (Fsp3) is 0.421. The van der Waals surface area contributed by atoms with E-state index in [1.807, 2.05) is 28.8 Å². The van der Waals surface area contributed by atoms with Gasteiger partial charge in [0.15, 0.2) is 17.0 Å². The minimum atomic E-state index is -0.782. The van der Waals surface area contributed by atoms with Gasteiger partial charge in [-0.2, -0.15) is 14.4 Å². The van der Waals surface area contributed by atoms with Crippen molar-refractivity contribution in [3.63, 3.8) is 0 Å². The molecule has 1 aromatic carbocycles. The summed E-state index contributed by atoms with van der Waals surface area (Å²) >= 11 is 0. The van der Waals surface area contributed by atoms with E-state index in [4.69, 9.17) is 9.47 Å². The molecule has 3 aromatic rings. The van der Waals surface area contributed by atoms with Crippen molar-refractivity contribution in [3.8, 4) is 5.75 Å². The van der Waals surface area contributed by atoms with Gasteiger partial charge < -0.3 is 14.8 Å². The van der Waals surface area contributed by atoms with Crippen LogP contribution < -0.4 is 10.1 Å². The third kappa shape index (κ3) is 3.85. The zero-order valence-electron chi connectivity index (χ0n) is 15.2. The first kappa shape index (κ1) is 17.7. The van der Waals surface area contributed by atoms with Crippen LogP contribution in [0.15, 0.2) is 30.6 Å². The lowest BCUT2D eigenvalue weighted by Crippen LogP contribution is -2.12. The van der Waals surface area contributed by atoms with E-state index in [0.717, 1.165) is 37.0 Å². The number of methoxy groups -OCH3 is 1. The second-order valence-electron chi connectivity index (χ2n) is 6.54. The van der Waals surface area contributed by atoms with Crippen LogP contribution in [0.25, 0.3) is 11.2 Å². The number of hydrogen-bond acceptors (Lipinski definition) is 6. The molecule has 142 valence electrons. The molecule has 1 fully saturated rings. The lowest BCUT2D eigenvalue weighted by atomic mass is 10.2. The molecule has 0 spiro atoms. The van der Waals surface area contributed by atoms with Crippen LogP contribution in [0, 0.1) is 6.08 Å². The Morgan fingerprint density at radius 1 is 1.22 bits per heavy atom. The van der Waals surface area contributed by atoms with Crippen LogP contribution in [0.3, 0.4) is 0 Å². The standard InChI is InChI=1S/C19H22FN5O2/c1-26-14-8-6-13(7-9-14)11-21-17-16-18(24-19(20)23-17)25(12-22-16)15-5-3-2-4-10-27-15/h6-9,12,15H,2-5,10-11H2,1H3,(H,21,23,24). The SMILES string of the molecule is COc1ccc(CNc2nc(F)nc3c2ncn3C2CCCCCO2)cc1. The molecule has 1 aliphatic rings. The van der Waals surface area contributed by atoms with Crippen molar-refractivity contribution in [2.75, 3.05) is 19.0 Å². The number of rotatable bonds is 5. The number of hydrogen-bond donors (Lipinski definition) is 1. The van der Waals surface area contributed by atoms with Gasteiger partial charge in [0.1, 0.15) is 12.0 Å². The lowest BCUT2D eigenvalue weighted by molar-refractivity contribution is 0.00928. The number of benzene rings is 1. The molecule has 0 aliphatic carbocycles. The zero-order valence-corrected chi connectivity index (χ0v) is 15.2. The fourth-order valence-electron chi connectivity index (χ4n) is 3.27. The number of aromatic nitrogens is 4. The molecule has 1 aliphatic heterocycles. The summed E-state index contributed by atoms with van der Waals surface area (Å²) in [5.41, 5.74) is 2.01. The van der Waals surface area contributed by atoms with Gasteiger partial charge in [-0.1, -0.05) is 18.6 Å². The van der Waals surface area contributed by atoms with Crippen LogP contribution in [0.4, 0.5) is 10.2 Å². The molecule has 2 aromatic heterocycles. The zero-order chi connectivity index (χ0) is 18.6. The highest BCUT2D eigenvalue weighted by atomic mass is 19.1. The molecule has 8 heteroatoms. The molecule has 0 saturated carbocycles. The second kappa shape index (κ2) is 7.87. The maximum Gasteiger partial charge on any atom is 0.312 e. The number of ether oxygens (including phenoxy) is 2. The summed E-state index contributed by atoms with van der Waals surface area (Å²) in [5, 5.41) is 3.16. The van der Waals surface area contributed by atoms with E-state index in [2.05, 4.69) is 20.3 Å². The van der Waals surface area contributed by atoms with Crippen LogP contribution in [0.2, 0.25) is 0 Å². The average molecular weight is 371 g/mol. The summed E-state index contributed by atoms with van der Waals surface area (Å²) in [4.78, 5) is 12.3. The number of anilines is 1. The van der Waals surface area contributed by atoms with E-state index in [-0.39, 0.29) is 6.23 Å². The Bertz CT molecular complexity index is 904. The van der Waals surface area contributed by atoms with Crippen LogP contribution in [0.5, 0.6) is 5.75 Å². The quantitative estimate of drug-likeness (QED) is 0.690. The molecule has 0 amide bonds. The first-order valence-electron chi connectivity index (χ1n) is 9.13. The van der Waals surface area contributed by atoms with Gasteiger partial charge in [0, 0.05) is 13.2 Å². The summed E-state index contributed by atoms with van der Waals surface area (Å²) in [6, 6.07) is 7.65. The number of imidazole rings is 1. The van der Waals surface area contributed by atoms with Gasteiger partial charge >= 0.3 is 6.08 Å². The minimum Gasteiger partial charge on any atom is -0.497 e. The van der Waals surface area contributed by atoms with Gasteiger partial charge in [-0.05, 0) is 37.0 Å². The third-order valence-corrected chi connectivity index (χ3v) is 4.73. The summed E-state index contributed by atoms with van der Waals surface area (Å²) in [6.07, 6.45) is 4.83. The van der Waals surface area contributed by atoms with Gasteiger partial charge in [0.25, 0.3) is 0 Å². The van der Waals surface area contributed by atoms with Crippen molar-refractivity contribution >= 4 is 17.0 Å². The van der Waals surface area contributed by atoms with Crippen molar-refractivity contribution in [1.29, 1.82) is 0 Å². The first-order chi connectivity index (χ1) is 13.2. The Kier molecular flexibility index (Phi) is 5.15. The highest BCUT2D eigenvalue weighted by molar-refractivity contribution is 5.82. The normalized spacial score (nSPS) is 17.6. The van der Waals surface area contributed by atoms with E-state index >= 15 is 0 Å². The molecule has 0 bridgehead atoms. The predicted octanol–water partition coefficient (Wildman–Crippen LogP) is 3.68. The van der Waals surface area contributed by atoms with Crippen LogP contribution >= 0.6 is 0 Å². The van der Waals surface area contributed by atoms with E-state index < -0.39 is 6.08 Å². The Balaban J connectivity index is 1.59. The molecule has 7 nitrogen and oxygen atoms in total.